The minimum atomic E-state index is -3.65. The van der Waals surface area contributed by atoms with E-state index in [1.54, 1.807) is 73.8 Å². The van der Waals surface area contributed by atoms with Crippen molar-refractivity contribution in [2.75, 3.05) is 29.8 Å². The molecule has 1 N–H and O–H groups in total. The molecule has 0 unspecified atom stereocenters. The molecule has 0 fully saturated rings. The SMILES string of the molecule is CN(c1ccccc1)S(=O)(=O)c1cccc(NCCCOc2ccc(C#N)cc2)c1. The number of benzene rings is 3. The van der Waals surface area contributed by atoms with Crippen molar-refractivity contribution in [3.63, 3.8) is 0 Å². The van der Waals surface area contributed by atoms with Crippen LogP contribution in [0.25, 0.3) is 0 Å². The minimum absolute atomic E-state index is 0.229. The molecule has 0 heterocycles. The van der Waals surface area contributed by atoms with Crippen LogP contribution in [0.5, 0.6) is 5.75 Å². The number of hydrogen-bond acceptors (Lipinski definition) is 5. The van der Waals surface area contributed by atoms with Gasteiger partial charge in [-0.05, 0) is 61.0 Å². The van der Waals surface area contributed by atoms with Crippen molar-refractivity contribution in [3.05, 3.63) is 84.4 Å². The predicted octanol–water partition coefficient (Wildman–Crippen LogP) is 4.26. The van der Waals surface area contributed by atoms with E-state index in [0.717, 1.165) is 12.1 Å². The van der Waals surface area contributed by atoms with Crippen LogP contribution >= 0.6 is 0 Å². The van der Waals surface area contributed by atoms with Gasteiger partial charge in [-0.3, -0.25) is 4.31 Å². The van der Waals surface area contributed by atoms with Gasteiger partial charge in [0, 0.05) is 19.3 Å². The molecule has 0 bridgehead atoms. The third-order valence-corrected chi connectivity index (χ3v) is 6.30. The summed E-state index contributed by atoms with van der Waals surface area (Å²) in [6.07, 6.45) is 0.737. The summed E-state index contributed by atoms with van der Waals surface area (Å²) < 4.78 is 32.8. The molecule has 0 radical (unpaired) electrons. The molecule has 0 saturated carbocycles. The summed E-state index contributed by atoms with van der Waals surface area (Å²) in [4.78, 5) is 0.229. The van der Waals surface area contributed by atoms with Crippen molar-refractivity contribution in [3.8, 4) is 11.8 Å². The first-order valence-electron chi connectivity index (χ1n) is 9.51. The van der Waals surface area contributed by atoms with Crippen LogP contribution in [0.2, 0.25) is 0 Å². The van der Waals surface area contributed by atoms with Crippen LogP contribution in [-0.2, 0) is 10.0 Å². The molecule has 7 heteroatoms. The molecular weight excluding hydrogens is 398 g/mol. The zero-order valence-electron chi connectivity index (χ0n) is 16.7. The summed E-state index contributed by atoms with van der Waals surface area (Å²) in [5.41, 5.74) is 1.93. The number of nitrogens with zero attached hydrogens (tertiary/aromatic N) is 2. The van der Waals surface area contributed by atoms with Gasteiger partial charge in [0.05, 0.1) is 28.8 Å². The average Bonchev–Trinajstić information content (AvgIpc) is 2.79. The van der Waals surface area contributed by atoms with E-state index in [1.807, 2.05) is 12.1 Å². The first-order chi connectivity index (χ1) is 14.5. The molecule has 0 saturated heterocycles. The van der Waals surface area contributed by atoms with E-state index in [9.17, 15) is 8.42 Å². The normalized spacial score (nSPS) is 10.8. The van der Waals surface area contributed by atoms with Gasteiger partial charge in [-0.25, -0.2) is 8.42 Å². The van der Waals surface area contributed by atoms with E-state index >= 15 is 0 Å². The van der Waals surface area contributed by atoms with Crippen molar-refractivity contribution in [1.82, 2.24) is 0 Å². The van der Waals surface area contributed by atoms with Crippen LogP contribution in [0.1, 0.15) is 12.0 Å². The number of ether oxygens (including phenoxy) is 1. The van der Waals surface area contributed by atoms with Gasteiger partial charge in [0.15, 0.2) is 0 Å². The zero-order chi connectivity index (χ0) is 21.4. The van der Waals surface area contributed by atoms with Crippen molar-refractivity contribution >= 4 is 21.4 Å². The maximum atomic E-state index is 12.9. The molecule has 0 amide bonds. The number of sulfonamides is 1. The average molecular weight is 422 g/mol. The Labute approximate surface area is 177 Å². The highest BCUT2D eigenvalue weighted by molar-refractivity contribution is 7.92. The quantitative estimate of drug-likeness (QED) is 0.522. The first-order valence-corrected chi connectivity index (χ1v) is 11.0. The second-order valence-corrected chi connectivity index (χ2v) is 8.57. The second-order valence-electron chi connectivity index (χ2n) is 6.60. The Morgan fingerprint density at radius 1 is 1.00 bits per heavy atom. The Bertz CT molecular complexity index is 1110. The van der Waals surface area contributed by atoms with Crippen LogP contribution in [-0.4, -0.2) is 28.6 Å². The second kappa shape index (κ2) is 9.81. The molecular formula is C23H23N3O3S. The lowest BCUT2D eigenvalue weighted by molar-refractivity contribution is 0.315. The fourth-order valence-corrected chi connectivity index (χ4v) is 4.06. The number of nitrogens with one attached hydrogen (secondary N) is 1. The highest BCUT2D eigenvalue weighted by atomic mass is 32.2. The summed E-state index contributed by atoms with van der Waals surface area (Å²) in [6, 6.07) is 24.8. The van der Waals surface area contributed by atoms with Gasteiger partial charge in [-0.2, -0.15) is 5.26 Å². The molecule has 30 heavy (non-hydrogen) atoms. The standard InChI is InChI=1S/C23H23N3O3S/c1-26(21-8-3-2-4-9-21)30(27,28)23-10-5-7-20(17-23)25-15-6-16-29-22-13-11-19(18-24)12-14-22/h2-5,7-14,17,25H,6,15-16H2,1H3. The Balaban J connectivity index is 1.54. The molecule has 0 spiro atoms. The Kier molecular flexibility index (Phi) is 6.94. The van der Waals surface area contributed by atoms with Gasteiger partial charge < -0.3 is 10.1 Å². The summed E-state index contributed by atoms with van der Waals surface area (Å²) >= 11 is 0. The monoisotopic (exact) mass is 421 g/mol. The molecule has 0 atom stereocenters. The first kappa shape index (κ1) is 21.2. The summed E-state index contributed by atoms with van der Waals surface area (Å²) in [5, 5.41) is 12.0. The Hall–Kier alpha value is -3.50. The largest absolute Gasteiger partial charge is 0.494 e. The summed E-state index contributed by atoms with van der Waals surface area (Å²) in [6.45, 7) is 1.14. The highest BCUT2D eigenvalue weighted by Crippen LogP contribution is 2.23. The third-order valence-electron chi connectivity index (χ3n) is 4.51. The molecule has 154 valence electrons. The number of anilines is 2. The lowest BCUT2D eigenvalue weighted by Crippen LogP contribution is -2.26. The maximum absolute atomic E-state index is 12.9. The van der Waals surface area contributed by atoms with Gasteiger partial charge in [0.25, 0.3) is 10.0 Å². The molecule has 0 aliphatic heterocycles. The molecule has 3 rings (SSSR count). The lowest BCUT2D eigenvalue weighted by atomic mass is 10.2. The van der Waals surface area contributed by atoms with Gasteiger partial charge >= 0.3 is 0 Å². The van der Waals surface area contributed by atoms with Crippen molar-refractivity contribution in [1.29, 1.82) is 5.26 Å². The Morgan fingerprint density at radius 3 is 2.43 bits per heavy atom. The van der Waals surface area contributed by atoms with Crippen LogP contribution in [0.4, 0.5) is 11.4 Å². The summed E-state index contributed by atoms with van der Waals surface area (Å²) in [7, 11) is -2.10. The molecule has 6 nitrogen and oxygen atoms in total. The van der Waals surface area contributed by atoms with E-state index in [0.29, 0.717) is 30.2 Å². The van der Waals surface area contributed by atoms with Gasteiger partial charge in [-0.15, -0.1) is 0 Å². The van der Waals surface area contributed by atoms with E-state index in [-0.39, 0.29) is 4.90 Å². The van der Waals surface area contributed by atoms with Gasteiger partial charge in [0.2, 0.25) is 0 Å². The van der Waals surface area contributed by atoms with Crippen molar-refractivity contribution in [2.24, 2.45) is 0 Å². The predicted molar refractivity (Wildman–Crippen MR) is 118 cm³/mol. The lowest BCUT2D eigenvalue weighted by Gasteiger charge is -2.20. The van der Waals surface area contributed by atoms with E-state index < -0.39 is 10.0 Å². The Morgan fingerprint density at radius 2 is 1.73 bits per heavy atom. The maximum Gasteiger partial charge on any atom is 0.264 e. The summed E-state index contributed by atoms with van der Waals surface area (Å²) in [5.74, 6) is 0.714. The molecule has 3 aromatic carbocycles. The van der Waals surface area contributed by atoms with Crippen LogP contribution < -0.4 is 14.4 Å². The van der Waals surface area contributed by atoms with Crippen molar-refractivity contribution < 1.29 is 13.2 Å². The fourth-order valence-electron chi connectivity index (χ4n) is 2.82. The van der Waals surface area contributed by atoms with Crippen molar-refractivity contribution in [2.45, 2.75) is 11.3 Å². The third kappa shape index (κ3) is 5.31. The van der Waals surface area contributed by atoms with Crippen LogP contribution in [0, 0.1) is 11.3 Å². The van der Waals surface area contributed by atoms with Gasteiger partial charge in [0.1, 0.15) is 5.75 Å². The number of para-hydroxylation sites is 1. The molecule has 0 aliphatic rings. The molecule has 3 aromatic rings. The van der Waals surface area contributed by atoms with Gasteiger partial charge in [-0.1, -0.05) is 24.3 Å². The van der Waals surface area contributed by atoms with E-state index in [4.69, 9.17) is 10.00 Å². The van der Waals surface area contributed by atoms with E-state index in [2.05, 4.69) is 11.4 Å². The molecule has 0 aliphatic carbocycles. The number of hydrogen-bond donors (Lipinski definition) is 1. The van der Waals surface area contributed by atoms with Crippen LogP contribution in [0.15, 0.2) is 83.8 Å². The molecule has 0 aromatic heterocycles. The minimum Gasteiger partial charge on any atom is -0.494 e. The smallest absolute Gasteiger partial charge is 0.264 e. The van der Waals surface area contributed by atoms with Crippen LogP contribution in [0.3, 0.4) is 0 Å². The number of nitriles is 1. The fraction of sp³-hybridized carbons (Fsp3) is 0.174. The van der Waals surface area contributed by atoms with E-state index in [1.165, 1.54) is 4.31 Å². The number of rotatable bonds is 9. The highest BCUT2D eigenvalue weighted by Gasteiger charge is 2.21. The zero-order valence-corrected chi connectivity index (χ0v) is 17.5. The topological polar surface area (TPSA) is 82.4 Å².